The highest BCUT2D eigenvalue weighted by atomic mass is 32.2. The SMILES string of the molecule is CN(CCS(C)(=O)=O)CC(N)c1ccc(C(F)(F)F)cc1. The van der Waals surface area contributed by atoms with Crippen molar-refractivity contribution in [1.82, 2.24) is 4.90 Å². The van der Waals surface area contributed by atoms with Gasteiger partial charge < -0.3 is 10.6 Å². The molecule has 0 aliphatic carbocycles. The number of alkyl halides is 3. The molecule has 0 aliphatic heterocycles. The van der Waals surface area contributed by atoms with E-state index in [9.17, 15) is 21.6 Å². The van der Waals surface area contributed by atoms with Gasteiger partial charge in [-0.2, -0.15) is 13.2 Å². The predicted molar refractivity (Wildman–Crippen MR) is 75.6 cm³/mol. The average Bonchev–Trinajstić information content (AvgIpc) is 2.34. The Kier molecular flexibility index (Phi) is 5.77. The van der Waals surface area contributed by atoms with Gasteiger partial charge >= 0.3 is 6.18 Å². The van der Waals surface area contributed by atoms with Crippen LogP contribution in [0.5, 0.6) is 0 Å². The van der Waals surface area contributed by atoms with E-state index >= 15 is 0 Å². The van der Waals surface area contributed by atoms with Crippen molar-refractivity contribution < 1.29 is 21.6 Å². The number of benzene rings is 1. The van der Waals surface area contributed by atoms with Crippen molar-refractivity contribution in [3.05, 3.63) is 35.4 Å². The first-order valence-corrected chi connectivity index (χ1v) is 8.34. The van der Waals surface area contributed by atoms with Crippen LogP contribution in [0.4, 0.5) is 13.2 Å². The van der Waals surface area contributed by atoms with Crippen LogP contribution in [-0.2, 0) is 16.0 Å². The molecule has 0 aliphatic rings. The molecule has 0 radical (unpaired) electrons. The highest BCUT2D eigenvalue weighted by molar-refractivity contribution is 7.90. The third-order valence-corrected chi connectivity index (χ3v) is 3.94. The van der Waals surface area contributed by atoms with E-state index in [2.05, 4.69) is 0 Å². The summed E-state index contributed by atoms with van der Waals surface area (Å²) in [5, 5.41) is 0. The summed E-state index contributed by atoms with van der Waals surface area (Å²) in [5.41, 5.74) is 5.78. The smallest absolute Gasteiger partial charge is 0.323 e. The monoisotopic (exact) mass is 324 g/mol. The summed E-state index contributed by atoms with van der Waals surface area (Å²) in [6.07, 6.45) is -3.22. The number of sulfone groups is 1. The van der Waals surface area contributed by atoms with Gasteiger partial charge in [0.25, 0.3) is 0 Å². The lowest BCUT2D eigenvalue weighted by atomic mass is 10.0. The van der Waals surface area contributed by atoms with E-state index in [1.807, 2.05) is 0 Å². The molecule has 0 fully saturated rings. The summed E-state index contributed by atoms with van der Waals surface area (Å²) in [6, 6.07) is 4.20. The largest absolute Gasteiger partial charge is 0.416 e. The molecular formula is C13H19F3N2O2S. The van der Waals surface area contributed by atoms with Crippen LogP contribution in [-0.4, -0.2) is 45.5 Å². The summed E-state index contributed by atoms with van der Waals surface area (Å²) >= 11 is 0. The Balaban J connectivity index is 2.61. The minimum atomic E-state index is -4.37. The van der Waals surface area contributed by atoms with Gasteiger partial charge in [-0.15, -0.1) is 0 Å². The third kappa shape index (κ3) is 6.45. The fourth-order valence-corrected chi connectivity index (χ4v) is 2.42. The summed E-state index contributed by atoms with van der Waals surface area (Å²) in [7, 11) is -1.33. The Morgan fingerprint density at radius 1 is 1.24 bits per heavy atom. The molecule has 0 heterocycles. The molecule has 120 valence electrons. The first-order valence-electron chi connectivity index (χ1n) is 6.28. The van der Waals surface area contributed by atoms with Crippen molar-refractivity contribution in [2.45, 2.75) is 12.2 Å². The van der Waals surface area contributed by atoms with Crippen molar-refractivity contribution in [2.24, 2.45) is 5.73 Å². The minimum Gasteiger partial charge on any atom is -0.323 e. The number of nitrogens with zero attached hydrogens (tertiary/aromatic N) is 1. The summed E-state index contributed by atoms with van der Waals surface area (Å²) in [6.45, 7) is 0.689. The maximum atomic E-state index is 12.4. The van der Waals surface area contributed by atoms with E-state index in [1.54, 1.807) is 11.9 Å². The minimum absolute atomic E-state index is 0.0171. The Hall–Kier alpha value is -1.12. The van der Waals surface area contributed by atoms with E-state index in [0.29, 0.717) is 18.7 Å². The predicted octanol–water partition coefficient (Wildman–Crippen LogP) is 1.68. The molecule has 0 amide bonds. The topological polar surface area (TPSA) is 63.4 Å². The van der Waals surface area contributed by atoms with Crippen LogP contribution < -0.4 is 5.73 Å². The summed E-state index contributed by atoms with van der Waals surface area (Å²) in [4.78, 5) is 1.74. The molecule has 0 spiro atoms. The van der Waals surface area contributed by atoms with Crippen molar-refractivity contribution >= 4 is 9.84 Å². The Bertz CT molecular complexity index is 556. The first kappa shape index (κ1) is 17.9. The third-order valence-electron chi connectivity index (χ3n) is 3.02. The molecule has 21 heavy (non-hydrogen) atoms. The fraction of sp³-hybridized carbons (Fsp3) is 0.538. The number of nitrogens with two attached hydrogens (primary N) is 1. The molecule has 1 atom stereocenters. The second-order valence-corrected chi connectivity index (χ2v) is 7.38. The number of likely N-dealkylation sites (N-methyl/N-ethyl adjacent to an activating group) is 1. The van der Waals surface area contributed by atoms with Crippen molar-refractivity contribution in [3.8, 4) is 0 Å². The molecule has 0 saturated carbocycles. The highest BCUT2D eigenvalue weighted by Gasteiger charge is 2.30. The molecule has 1 aromatic carbocycles. The van der Waals surface area contributed by atoms with Gasteiger partial charge in [0, 0.05) is 25.4 Å². The zero-order valence-corrected chi connectivity index (χ0v) is 12.7. The number of rotatable bonds is 6. The van der Waals surface area contributed by atoms with Crippen LogP contribution in [0.25, 0.3) is 0 Å². The quantitative estimate of drug-likeness (QED) is 0.865. The zero-order chi connectivity index (χ0) is 16.3. The lowest BCUT2D eigenvalue weighted by molar-refractivity contribution is -0.137. The molecule has 0 saturated heterocycles. The fourth-order valence-electron chi connectivity index (χ4n) is 1.77. The summed E-state index contributed by atoms with van der Waals surface area (Å²) in [5.74, 6) is 0.0171. The van der Waals surface area contributed by atoms with Crippen LogP contribution in [0.2, 0.25) is 0 Å². The number of hydrogen-bond donors (Lipinski definition) is 1. The zero-order valence-electron chi connectivity index (χ0n) is 11.9. The van der Waals surface area contributed by atoms with Crippen molar-refractivity contribution in [1.29, 1.82) is 0 Å². The normalized spacial score (nSPS) is 14.4. The second kappa shape index (κ2) is 6.76. The van der Waals surface area contributed by atoms with Gasteiger partial charge in [0.2, 0.25) is 0 Å². The molecule has 0 bridgehead atoms. The van der Waals surface area contributed by atoms with Crippen molar-refractivity contribution in [3.63, 3.8) is 0 Å². The maximum Gasteiger partial charge on any atom is 0.416 e. The van der Waals surface area contributed by atoms with Gasteiger partial charge in [-0.3, -0.25) is 0 Å². The molecule has 2 N–H and O–H groups in total. The summed E-state index contributed by atoms with van der Waals surface area (Å²) < 4.78 is 59.5. The Labute approximate surface area is 122 Å². The van der Waals surface area contributed by atoms with Gasteiger partial charge in [0.05, 0.1) is 11.3 Å². The van der Waals surface area contributed by atoms with Crippen LogP contribution in [0.15, 0.2) is 24.3 Å². The maximum absolute atomic E-state index is 12.4. The van der Waals surface area contributed by atoms with E-state index in [-0.39, 0.29) is 5.75 Å². The molecule has 1 unspecified atom stereocenters. The van der Waals surface area contributed by atoms with E-state index < -0.39 is 27.6 Å². The Morgan fingerprint density at radius 3 is 2.19 bits per heavy atom. The van der Waals surface area contributed by atoms with E-state index in [4.69, 9.17) is 5.73 Å². The van der Waals surface area contributed by atoms with E-state index in [1.165, 1.54) is 12.1 Å². The second-order valence-electron chi connectivity index (χ2n) is 5.12. The van der Waals surface area contributed by atoms with Crippen molar-refractivity contribution in [2.75, 3.05) is 32.1 Å². The van der Waals surface area contributed by atoms with Gasteiger partial charge in [0.15, 0.2) is 0 Å². The van der Waals surface area contributed by atoms with Crippen LogP contribution >= 0.6 is 0 Å². The van der Waals surface area contributed by atoms with Crippen LogP contribution in [0, 0.1) is 0 Å². The van der Waals surface area contributed by atoms with Crippen LogP contribution in [0.3, 0.4) is 0 Å². The molecular weight excluding hydrogens is 305 g/mol. The van der Waals surface area contributed by atoms with Gasteiger partial charge in [-0.05, 0) is 24.7 Å². The van der Waals surface area contributed by atoms with Gasteiger partial charge in [0.1, 0.15) is 9.84 Å². The lowest BCUT2D eigenvalue weighted by Gasteiger charge is -2.21. The van der Waals surface area contributed by atoms with Gasteiger partial charge in [-0.1, -0.05) is 12.1 Å². The highest BCUT2D eigenvalue weighted by Crippen LogP contribution is 2.29. The molecule has 1 rings (SSSR count). The first-order chi connectivity index (χ1) is 9.49. The molecule has 4 nitrogen and oxygen atoms in total. The standard InChI is InChI=1S/C13H19F3N2O2S/c1-18(7-8-21(2,19)20)9-12(17)10-3-5-11(6-4-10)13(14,15)16/h3-6,12H,7-9,17H2,1-2H3. The van der Waals surface area contributed by atoms with Crippen LogP contribution in [0.1, 0.15) is 17.2 Å². The molecule has 8 heteroatoms. The number of hydrogen-bond acceptors (Lipinski definition) is 4. The van der Waals surface area contributed by atoms with E-state index in [0.717, 1.165) is 18.4 Å². The van der Waals surface area contributed by atoms with Gasteiger partial charge in [-0.25, -0.2) is 8.42 Å². The molecule has 1 aromatic rings. The lowest BCUT2D eigenvalue weighted by Crippen LogP contribution is -2.32. The molecule has 0 aromatic heterocycles. The number of halogens is 3. The Morgan fingerprint density at radius 2 is 1.76 bits per heavy atom. The average molecular weight is 324 g/mol.